The van der Waals surface area contributed by atoms with Crippen molar-refractivity contribution >= 4 is 28.7 Å². The summed E-state index contributed by atoms with van der Waals surface area (Å²) in [6, 6.07) is 40.7. The first-order valence-electron chi connectivity index (χ1n) is 11.5. The first-order chi connectivity index (χ1) is 16.4. The van der Waals surface area contributed by atoms with Gasteiger partial charge in [0.1, 0.15) is 0 Å². The Morgan fingerprint density at radius 1 is 0.636 bits per heavy atom. The summed E-state index contributed by atoms with van der Waals surface area (Å²) in [6.07, 6.45) is 12.2. The molecule has 0 heterocycles. The summed E-state index contributed by atoms with van der Waals surface area (Å²) >= 11 is 0. The molecule has 0 saturated heterocycles. The van der Waals surface area contributed by atoms with Crippen LogP contribution in [0.25, 0.3) is 11.6 Å². The van der Waals surface area contributed by atoms with Crippen molar-refractivity contribution in [3.8, 4) is 0 Å². The number of rotatable bonds is 6. The highest BCUT2D eigenvalue weighted by atomic mass is 15.1. The molecule has 4 aromatic carbocycles. The van der Waals surface area contributed by atoms with Gasteiger partial charge in [-0.05, 0) is 59.5 Å². The highest BCUT2D eigenvalue weighted by Gasteiger charge is 2.15. The zero-order valence-corrected chi connectivity index (χ0v) is 18.6. The van der Waals surface area contributed by atoms with E-state index in [1.165, 1.54) is 16.7 Å². The fourth-order valence-corrected chi connectivity index (χ4v) is 4.38. The molecule has 160 valence electrons. The predicted octanol–water partition coefficient (Wildman–Crippen LogP) is 8.83. The van der Waals surface area contributed by atoms with Crippen LogP contribution in [0, 0.1) is 5.92 Å². The highest BCUT2D eigenvalue weighted by Crippen LogP contribution is 2.36. The van der Waals surface area contributed by atoms with E-state index < -0.39 is 0 Å². The molecule has 0 bridgehead atoms. The van der Waals surface area contributed by atoms with E-state index in [2.05, 4.69) is 151 Å². The number of anilines is 3. The Morgan fingerprint density at radius 2 is 1.24 bits per heavy atom. The molecule has 0 aromatic heterocycles. The molecule has 0 saturated carbocycles. The van der Waals surface area contributed by atoms with Crippen LogP contribution >= 0.6 is 0 Å². The van der Waals surface area contributed by atoms with Gasteiger partial charge in [-0.15, -0.1) is 0 Å². The number of para-hydroxylation sites is 2. The summed E-state index contributed by atoms with van der Waals surface area (Å²) in [6.45, 7) is 0. The second-order valence-corrected chi connectivity index (χ2v) is 8.22. The number of nitrogens with zero attached hydrogens (tertiary/aromatic N) is 1. The average Bonchev–Trinajstić information content (AvgIpc) is 2.90. The smallest absolute Gasteiger partial charge is 0.0467 e. The maximum atomic E-state index is 2.35. The Hall–Kier alpha value is -4.10. The van der Waals surface area contributed by atoms with Crippen LogP contribution in [0.3, 0.4) is 0 Å². The maximum absolute atomic E-state index is 2.35. The van der Waals surface area contributed by atoms with Crippen LogP contribution in [0.1, 0.15) is 17.5 Å². The fraction of sp³-hybridized carbons (Fsp3) is 0.0625. The molecule has 4 aromatic rings. The van der Waals surface area contributed by atoms with Gasteiger partial charge in [-0.25, -0.2) is 0 Å². The monoisotopic (exact) mass is 425 g/mol. The summed E-state index contributed by atoms with van der Waals surface area (Å²) in [4.78, 5) is 2.31. The summed E-state index contributed by atoms with van der Waals surface area (Å²) in [7, 11) is 0. The van der Waals surface area contributed by atoms with Crippen molar-refractivity contribution in [2.24, 2.45) is 5.92 Å². The number of benzene rings is 4. The molecule has 1 atom stereocenters. The molecular formula is C32H27N. The van der Waals surface area contributed by atoms with Gasteiger partial charge in [0.15, 0.2) is 0 Å². The summed E-state index contributed by atoms with van der Waals surface area (Å²) in [5.41, 5.74) is 7.26. The van der Waals surface area contributed by atoms with E-state index in [0.717, 1.165) is 23.5 Å². The highest BCUT2D eigenvalue weighted by molar-refractivity contribution is 5.86. The van der Waals surface area contributed by atoms with Gasteiger partial charge >= 0.3 is 0 Å². The summed E-state index contributed by atoms with van der Waals surface area (Å²) < 4.78 is 0. The van der Waals surface area contributed by atoms with Crippen LogP contribution in [0.5, 0.6) is 0 Å². The van der Waals surface area contributed by atoms with E-state index in [1.807, 2.05) is 0 Å². The lowest BCUT2D eigenvalue weighted by atomic mass is 9.86. The third-order valence-corrected chi connectivity index (χ3v) is 5.97. The average molecular weight is 426 g/mol. The van der Waals surface area contributed by atoms with Gasteiger partial charge in [-0.2, -0.15) is 0 Å². The van der Waals surface area contributed by atoms with Crippen molar-refractivity contribution in [2.45, 2.75) is 6.42 Å². The zero-order valence-electron chi connectivity index (χ0n) is 18.6. The van der Waals surface area contributed by atoms with Gasteiger partial charge in [0, 0.05) is 23.0 Å². The molecule has 0 fully saturated rings. The van der Waals surface area contributed by atoms with Crippen molar-refractivity contribution in [1.82, 2.24) is 0 Å². The van der Waals surface area contributed by atoms with Crippen LogP contribution in [0.15, 0.2) is 140 Å². The first-order valence-corrected chi connectivity index (χ1v) is 11.5. The minimum absolute atomic E-state index is 0.375. The lowest BCUT2D eigenvalue weighted by molar-refractivity contribution is 0.846. The first kappa shape index (κ1) is 20.8. The largest absolute Gasteiger partial charge is 0.310 e. The van der Waals surface area contributed by atoms with E-state index in [0.29, 0.717) is 5.92 Å². The van der Waals surface area contributed by atoms with Crippen molar-refractivity contribution in [3.05, 3.63) is 151 Å². The SMILES string of the molecule is C1=CCC(C(=Cc2cccc(N(c3ccccc3)c3ccccc3)c2)c2ccccc2)C=C1. The second kappa shape index (κ2) is 10.0. The predicted molar refractivity (Wildman–Crippen MR) is 142 cm³/mol. The molecule has 5 rings (SSSR count). The molecule has 0 spiro atoms. The molecule has 1 aliphatic carbocycles. The molecule has 1 heteroatoms. The van der Waals surface area contributed by atoms with Crippen LogP contribution in [0.4, 0.5) is 17.1 Å². The summed E-state index contributed by atoms with van der Waals surface area (Å²) in [5, 5.41) is 0. The Morgan fingerprint density at radius 3 is 1.85 bits per heavy atom. The van der Waals surface area contributed by atoms with E-state index >= 15 is 0 Å². The third kappa shape index (κ3) is 4.88. The van der Waals surface area contributed by atoms with Crippen LogP contribution in [-0.2, 0) is 0 Å². The van der Waals surface area contributed by atoms with Crippen molar-refractivity contribution in [3.63, 3.8) is 0 Å². The normalized spacial score (nSPS) is 15.4. The van der Waals surface area contributed by atoms with Crippen molar-refractivity contribution in [1.29, 1.82) is 0 Å². The molecule has 0 N–H and O–H groups in total. The van der Waals surface area contributed by atoms with Gasteiger partial charge in [0.05, 0.1) is 0 Å². The Bertz CT molecular complexity index is 1230. The zero-order chi connectivity index (χ0) is 22.3. The van der Waals surface area contributed by atoms with Gasteiger partial charge in [0.2, 0.25) is 0 Å². The van der Waals surface area contributed by atoms with Crippen molar-refractivity contribution < 1.29 is 0 Å². The minimum Gasteiger partial charge on any atom is -0.310 e. The van der Waals surface area contributed by atoms with E-state index in [9.17, 15) is 0 Å². The van der Waals surface area contributed by atoms with Crippen LogP contribution in [0.2, 0.25) is 0 Å². The van der Waals surface area contributed by atoms with Crippen LogP contribution < -0.4 is 4.90 Å². The molecule has 1 unspecified atom stereocenters. The minimum atomic E-state index is 0.375. The Labute approximate surface area is 196 Å². The van der Waals surface area contributed by atoms with Crippen LogP contribution in [-0.4, -0.2) is 0 Å². The van der Waals surface area contributed by atoms with E-state index in [4.69, 9.17) is 0 Å². The summed E-state index contributed by atoms with van der Waals surface area (Å²) in [5.74, 6) is 0.375. The van der Waals surface area contributed by atoms with E-state index in [-0.39, 0.29) is 0 Å². The van der Waals surface area contributed by atoms with Crippen molar-refractivity contribution in [2.75, 3.05) is 4.90 Å². The Kier molecular flexibility index (Phi) is 6.31. The lowest BCUT2D eigenvalue weighted by Gasteiger charge is -2.26. The molecular weight excluding hydrogens is 398 g/mol. The third-order valence-electron chi connectivity index (χ3n) is 5.97. The molecule has 0 amide bonds. The van der Waals surface area contributed by atoms with Gasteiger partial charge < -0.3 is 4.90 Å². The standard InChI is InChI=1S/C32H27N/c1-5-15-27(16-6-1)32(28-17-7-2-8-18-28)25-26-14-13-23-31(24-26)33(29-19-9-3-10-20-29)30-21-11-4-12-22-30/h1-17,19-25,28H,18H2. The second-order valence-electron chi connectivity index (χ2n) is 8.22. The number of hydrogen-bond donors (Lipinski definition) is 0. The lowest BCUT2D eigenvalue weighted by Crippen LogP contribution is -2.09. The van der Waals surface area contributed by atoms with E-state index in [1.54, 1.807) is 0 Å². The molecule has 0 radical (unpaired) electrons. The topological polar surface area (TPSA) is 3.24 Å². The number of hydrogen-bond acceptors (Lipinski definition) is 1. The maximum Gasteiger partial charge on any atom is 0.0467 e. The number of allylic oxidation sites excluding steroid dienone is 5. The van der Waals surface area contributed by atoms with Gasteiger partial charge in [-0.1, -0.05) is 109 Å². The molecule has 1 aliphatic rings. The molecule has 33 heavy (non-hydrogen) atoms. The fourth-order valence-electron chi connectivity index (χ4n) is 4.38. The Balaban J connectivity index is 1.59. The van der Waals surface area contributed by atoms with Gasteiger partial charge in [0.25, 0.3) is 0 Å². The molecule has 0 aliphatic heterocycles. The van der Waals surface area contributed by atoms with Gasteiger partial charge in [-0.3, -0.25) is 0 Å². The quantitative estimate of drug-likeness (QED) is 0.279. The molecule has 1 nitrogen and oxygen atoms in total.